The summed E-state index contributed by atoms with van der Waals surface area (Å²) < 4.78 is 0. The Balaban J connectivity index is 2.39. The molecule has 1 fully saturated rings. The normalized spacial score (nSPS) is 19.7. The number of hydrogen-bond acceptors (Lipinski definition) is 2. The summed E-state index contributed by atoms with van der Waals surface area (Å²) in [5.74, 6) is 0.999. The highest BCUT2D eigenvalue weighted by Crippen LogP contribution is 2.34. The van der Waals surface area contributed by atoms with Gasteiger partial charge in [0, 0.05) is 20.1 Å². The van der Waals surface area contributed by atoms with Crippen LogP contribution >= 0.6 is 0 Å². The fraction of sp³-hybridized carbons (Fsp3) is 0.917. The van der Waals surface area contributed by atoms with E-state index in [2.05, 4.69) is 12.2 Å². The molecule has 1 saturated carbocycles. The SMILES string of the molecule is CCCC(N[C@H](C)C(=O)N(C)C)C1CC1. The molecule has 0 aliphatic heterocycles. The first-order valence-corrected chi connectivity index (χ1v) is 6.03. The van der Waals surface area contributed by atoms with Gasteiger partial charge in [-0.3, -0.25) is 4.79 Å². The Morgan fingerprint density at radius 2 is 2.07 bits per heavy atom. The van der Waals surface area contributed by atoms with Crippen molar-refractivity contribution in [1.29, 1.82) is 0 Å². The van der Waals surface area contributed by atoms with Gasteiger partial charge in [0.2, 0.25) is 5.91 Å². The maximum atomic E-state index is 11.7. The number of likely N-dealkylation sites (N-methyl/N-ethyl adjacent to an activating group) is 1. The van der Waals surface area contributed by atoms with Gasteiger partial charge in [0.1, 0.15) is 0 Å². The van der Waals surface area contributed by atoms with Crippen LogP contribution in [0.1, 0.15) is 39.5 Å². The summed E-state index contributed by atoms with van der Waals surface area (Å²) in [6, 6.07) is 0.506. The third-order valence-electron chi connectivity index (χ3n) is 3.07. The van der Waals surface area contributed by atoms with Crippen LogP contribution in [0, 0.1) is 5.92 Å². The lowest BCUT2D eigenvalue weighted by Gasteiger charge is -2.24. The van der Waals surface area contributed by atoms with Gasteiger partial charge in [0.05, 0.1) is 6.04 Å². The minimum absolute atomic E-state index is 0.0443. The molecule has 0 bridgehead atoms. The van der Waals surface area contributed by atoms with Crippen LogP contribution in [0.4, 0.5) is 0 Å². The molecule has 0 saturated heterocycles. The second kappa shape index (κ2) is 5.50. The zero-order valence-corrected chi connectivity index (χ0v) is 10.4. The molecule has 88 valence electrons. The van der Waals surface area contributed by atoms with Crippen LogP contribution in [0.3, 0.4) is 0 Å². The van der Waals surface area contributed by atoms with Gasteiger partial charge < -0.3 is 10.2 Å². The Labute approximate surface area is 93.2 Å². The molecule has 3 nitrogen and oxygen atoms in total. The Bertz CT molecular complexity index is 212. The Morgan fingerprint density at radius 3 is 2.47 bits per heavy atom. The summed E-state index contributed by atoms with van der Waals surface area (Å²) in [5, 5.41) is 3.47. The number of amides is 1. The summed E-state index contributed by atoms with van der Waals surface area (Å²) in [5.41, 5.74) is 0. The van der Waals surface area contributed by atoms with Gasteiger partial charge in [-0.15, -0.1) is 0 Å². The van der Waals surface area contributed by atoms with E-state index in [4.69, 9.17) is 0 Å². The van der Waals surface area contributed by atoms with Crippen molar-refractivity contribution in [3.05, 3.63) is 0 Å². The highest BCUT2D eigenvalue weighted by atomic mass is 16.2. The van der Waals surface area contributed by atoms with Crippen molar-refractivity contribution >= 4 is 5.91 Å². The average molecular weight is 212 g/mol. The monoisotopic (exact) mass is 212 g/mol. The van der Waals surface area contributed by atoms with E-state index in [9.17, 15) is 4.79 Å². The number of carbonyl (C=O) groups is 1. The zero-order chi connectivity index (χ0) is 11.4. The zero-order valence-electron chi connectivity index (χ0n) is 10.4. The van der Waals surface area contributed by atoms with Gasteiger partial charge in [0.15, 0.2) is 0 Å². The van der Waals surface area contributed by atoms with Crippen molar-refractivity contribution in [1.82, 2.24) is 10.2 Å². The van der Waals surface area contributed by atoms with E-state index >= 15 is 0 Å². The maximum Gasteiger partial charge on any atom is 0.238 e. The van der Waals surface area contributed by atoms with Crippen LogP contribution in [-0.2, 0) is 4.79 Å². The predicted octanol–water partition coefficient (Wildman–Crippen LogP) is 1.63. The first-order chi connectivity index (χ1) is 7.06. The molecule has 0 aromatic heterocycles. The topological polar surface area (TPSA) is 32.3 Å². The molecular formula is C12H24N2O. The quantitative estimate of drug-likeness (QED) is 0.726. The molecule has 0 spiro atoms. The van der Waals surface area contributed by atoms with E-state index < -0.39 is 0 Å². The van der Waals surface area contributed by atoms with Crippen molar-refractivity contribution in [3.8, 4) is 0 Å². The van der Waals surface area contributed by atoms with E-state index in [1.807, 2.05) is 21.0 Å². The van der Waals surface area contributed by atoms with Gasteiger partial charge in [-0.05, 0) is 32.1 Å². The highest BCUT2D eigenvalue weighted by Gasteiger charge is 2.32. The molecule has 1 amide bonds. The Hall–Kier alpha value is -0.570. The second-order valence-electron chi connectivity index (χ2n) is 4.85. The third kappa shape index (κ3) is 3.82. The lowest BCUT2D eigenvalue weighted by atomic mass is 10.1. The number of hydrogen-bond donors (Lipinski definition) is 1. The van der Waals surface area contributed by atoms with Gasteiger partial charge >= 0.3 is 0 Å². The van der Waals surface area contributed by atoms with Gasteiger partial charge in [-0.1, -0.05) is 13.3 Å². The smallest absolute Gasteiger partial charge is 0.238 e. The summed E-state index contributed by atoms with van der Waals surface area (Å²) in [4.78, 5) is 13.3. The van der Waals surface area contributed by atoms with Crippen molar-refractivity contribution in [2.45, 2.75) is 51.6 Å². The molecule has 1 aliphatic carbocycles. The number of nitrogens with one attached hydrogen (secondary N) is 1. The maximum absolute atomic E-state index is 11.7. The molecule has 0 radical (unpaired) electrons. The van der Waals surface area contributed by atoms with E-state index in [0.29, 0.717) is 6.04 Å². The van der Waals surface area contributed by atoms with Gasteiger partial charge in [0.25, 0.3) is 0 Å². The Morgan fingerprint density at radius 1 is 1.47 bits per heavy atom. The molecule has 1 rings (SSSR count). The first-order valence-electron chi connectivity index (χ1n) is 6.03. The Kier molecular flexibility index (Phi) is 4.58. The van der Waals surface area contributed by atoms with Gasteiger partial charge in [-0.2, -0.15) is 0 Å². The van der Waals surface area contributed by atoms with E-state index in [1.165, 1.54) is 25.7 Å². The molecular weight excluding hydrogens is 188 g/mol. The summed E-state index contributed by atoms with van der Waals surface area (Å²) in [6.45, 7) is 4.17. The van der Waals surface area contributed by atoms with Crippen molar-refractivity contribution in [2.24, 2.45) is 5.92 Å². The molecule has 2 atom stereocenters. The van der Waals surface area contributed by atoms with Crippen molar-refractivity contribution in [2.75, 3.05) is 14.1 Å². The molecule has 1 N–H and O–H groups in total. The number of rotatable bonds is 6. The third-order valence-corrected chi connectivity index (χ3v) is 3.07. The number of carbonyl (C=O) groups excluding carboxylic acids is 1. The van der Waals surface area contributed by atoms with Crippen LogP contribution < -0.4 is 5.32 Å². The molecule has 3 heteroatoms. The van der Waals surface area contributed by atoms with Gasteiger partial charge in [-0.25, -0.2) is 0 Å². The van der Waals surface area contributed by atoms with Crippen LogP contribution in [0.2, 0.25) is 0 Å². The first kappa shape index (κ1) is 12.5. The predicted molar refractivity (Wildman–Crippen MR) is 62.7 cm³/mol. The van der Waals surface area contributed by atoms with Crippen molar-refractivity contribution in [3.63, 3.8) is 0 Å². The van der Waals surface area contributed by atoms with E-state index in [1.54, 1.807) is 4.90 Å². The summed E-state index contributed by atoms with van der Waals surface area (Å²) in [7, 11) is 3.62. The highest BCUT2D eigenvalue weighted by molar-refractivity contribution is 5.80. The molecule has 0 aromatic carbocycles. The lowest BCUT2D eigenvalue weighted by Crippen LogP contribution is -2.46. The molecule has 0 aromatic rings. The minimum atomic E-state index is -0.0443. The van der Waals surface area contributed by atoms with Crippen molar-refractivity contribution < 1.29 is 4.79 Å². The largest absolute Gasteiger partial charge is 0.347 e. The van der Waals surface area contributed by atoms with E-state index in [0.717, 1.165) is 5.92 Å². The fourth-order valence-corrected chi connectivity index (χ4v) is 2.04. The van der Waals surface area contributed by atoms with Crippen LogP contribution in [-0.4, -0.2) is 37.0 Å². The second-order valence-corrected chi connectivity index (χ2v) is 4.85. The molecule has 1 aliphatic rings. The van der Waals surface area contributed by atoms with E-state index in [-0.39, 0.29) is 11.9 Å². The lowest BCUT2D eigenvalue weighted by molar-refractivity contribution is -0.130. The van der Waals surface area contributed by atoms with Crippen LogP contribution in [0.25, 0.3) is 0 Å². The molecule has 0 heterocycles. The average Bonchev–Trinajstić information content (AvgIpc) is 2.98. The van der Waals surface area contributed by atoms with Crippen LogP contribution in [0.5, 0.6) is 0 Å². The fourth-order valence-electron chi connectivity index (χ4n) is 2.04. The van der Waals surface area contributed by atoms with Crippen LogP contribution in [0.15, 0.2) is 0 Å². The molecule has 15 heavy (non-hydrogen) atoms. The standard InChI is InChI=1S/C12H24N2O/c1-5-6-11(10-7-8-10)13-9(2)12(15)14(3)4/h9-11,13H,5-8H2,1-4H3/t9-,11?/m1/s1. The number of nitrogens with zero attached hydrogens (tertiary/aromatic N) is 1. The summed E-state index contributed by atoms with van der Waals surface area (Å²) >= 11 is 0. The summed E-state index contributed by atoms with van der Waals surface area (Å²) in [6.07, 6.45) is 5.05. The molecule has 1 unspecified atom stereocenters. The minimum Gasteiger partial charge on any atom is -0.347 e.